The van der Waals surface area contributed by atoms with Crippen LogP contribution in [0.2, 0.25) is 0 Å². The smallest absolute Gasteiger partial charge is 0.262 e. The summed E-state index contributed by atoms with van der Waals surface area (Å²) in [6, 6.07) is 3.64. The van der Waals surface area contributed by atoms with Crippen molar-refractivity contribution in [3.05, 3.63) is 27.3 Å². The Morgan fingerprint density at radius 3 is 2.76 bits per heavy atom. The molecule has 1 amide bonds. The van der Waals surface area contributed by atoms with Crippen molar-refractivity contribution in [1.82, 2.24) is 14.9 Å². The maximum atomic E-state index is 12.8. The second-order valence-electron chi connectivity index (χ2n) is 6.44. The van der Waals surface area contributed by atoms with Gasteiger partial charge in [-0.05, 0) is 31.1 Å². The SMILES string of the molecule is O=C(CCn1c(=S)[nH]c2cc3c(cc2c1=O)OCO3)NC1CCCC1. The predicted molar refractivity (Wildman–Crippen MR) is 94.5 cm³/mol. The minimum atomic E-state index is -0.231. The summed E-state index contributed by atoms with van der Waals surface area (Å²) in [5.74, 6) is 1.09. The Labute approximate surface area is 148 Å². The molecule has 132 valence electrons. The third-order valence-corrected chi connectivity index (χ3v) is 5.08. The van der Waals surface area contributed by atoms with Crippen molar-refractivity contribution < 1.29 is 14.3 Å². The van der Waals surface area contributed by atoms with Crippen molar-refractivity contribution in [1.29, 1.82) is 0 Å². The monoisotopic (exact) mass is 361 g/mol. The van der Waals surface area contributed by atoms with Crippen LogP contribution in [-0.4, -0.2) is 28.3 Å². The lowest BCUT2D eigenvalue weighted by atomic mass is 10.2. The van der Waals surface area contributed by atoms with Crippen LogP contribution in [-0.2, 0) is 11.3 Å². The van der Waals surface area contributed by atoms with Crippen molar-refractivity contribution in [2.45, 2.75) is 44.7 Å². The molecule has 8 heteroatoms. The molecule has 2 heterocycles. The minimum absolute atomic E-state index is 0.0426. The van der Waals surface area contributed by atoms with Gasteiger partial charge < -0.3 is 19.8 Å². The molecular weight excluding hydrogens is 342 g/mol. The summed E-state index contributed by atoms with van der Waals surface area (Å²) >= 11 is 5.29. The van der Waals surface area contributed by atoms with Gasteiger partial charge in [-0.1, -0.05) is 12.8 Å². The molecule has 7 nitrogen and oxygen atoms in total. The number of benzene rings is 1. The first-order valence-corrected chi connectivity index (χ1v) is 8.88. The van der Waals surface area contributed by atoms with Gasteiger partial charge in [0.2, 0.25) is 12.7 Å². The van der Waals surface area contributed by atoms with Crippen LogP contribution in [0.15, 0.2) is 16.9 Å². The quantitative estimate of drug-likeness (QED) is 0.816. The van der Waals surface area contributed by atoms with Crippen molar-refractivity contribution in [2.75, 3.05) is 6.79 Å². The standard InChI is InChI=1S/C17H19N3O4S/c21-15(18-10-3-1-2-4-10)5-6-20-16(22)11-7-13-14(24-9-23-13)8-12(11)19-17(20)25/h7-8,10H,1-6,9H2,(H,18,21)(H,19,25). The fraction of sp³-hybridized carbons (Fsp3) is 0.471. The highest BCUT2D eigenvalue weighted by atomic mass is 32.1. The van der Waals surface area contributed by atoms with Crippen LogP contribution in [0.4, 0.5) is 0 Å². The van der Waals surface area contributed by atoms with Gasteiger partial charge in [0.1, 0.15) is 0 Å². The van der Waals surface area contributed by atoms with Crippen molar-refractivity contribution in [3.63, 3.8) is 0 Å². The number of rotatable bonds is 4. The number of fused-ring (bicyclic) bond motifs is 2. The normalized spacial score (nSPS) is 16.5. The van der Waals surface area contributed by atoms with E-state index in [4.69, 9.17) is 21.7 Å². The van der Waals surface area contributed by atoms with E-state index in [9.17, 15) is 9.59 Å². The maximum Gasteiger partial charge on any atom is 0.262 e. The second kappa shape index (κ2) is 6.51. The highest BCUT2D eigenvalue weighted by Gasteiger charge is 2.19. The molecule has 4 rings (SSSR count). The molecule has 0 spiro atoms. The molecule has 0 atom stereocenters. The third kappa shape index (κ3) is 3.13. The number of aromatic amines is 1. The molecule has 1 aliphatic carbocycles. The van der Waals surface area contributed by atoms with E-state index in [1.165, 1.54) is 4.57 Å². The molecule has 0 bridgehead atoms. The number of nitrogens with one attached hydrogen (secondary N) is 2. The predicted octanol–water partition coefficient (Wildman–Crippen LogP) is 2.24. The molecule has 1 saturated carbocycles. The molecule has 1 aromatic heterocycles. The topological polar surface area (TPSA) is 85.4 Å². The fourth-order valence-corrected chi connectivity index (χ4v) is 3.71. The summed E-state index contributed by atoms with van der Waals surface area (Å²) in [5.41, 5.74) is 0.372. The van der Waals surface area contributed by atoms with E-state index in [2.05, 4.69) is 10.3 Å². The Bertz CT molecular complexity index is 943. The molecule has 2 N–H and O–H groups in total. The molecule has 2 aliphatic rings. The summed E-state index contributed by atoms with van der Waals surface area (Å²) < 4.78 is 12.4. The Morgan fingerprint density at radius 1 is 1.28 bits per heavy atom. The van der Waals surface area contributed by atoms with E-state index in [-0.39, 0.29) is 37.3 Å². The summed E-state index contributed by atoms with van der Waals surface area (Å²) in [4.78, 5) is 27.9. The molecule has 2 aromatic rings. The van der Waals surface area contributed by atoms with E-state index in [0.29, 0.717) is 27.2 Å². The zero-order valence-electron chi connectivity index (χ0n) is 13.7. The second-order valence-corrected chi connectivity index (χ2v) is 6.82. The van der Waals surface area contributed by atoms with E-state index in [1.807, 2.05) is 0 Å². The van der Waals surface area contributed by atoms with Crippen LogP contribution >= 0.6 is 12.2 Å². The van der Waals surface area contributed by atoms with Gasteiger partial charge in [-0.15, -0.1) is 0 Å². The highest BCUT2D eigenvalue weighted by molar-refractivity contribution is 7.71. The number of ether oxygens (including phenoxy) is 2. The maximum absolute atomic E-state index is 12.8. The van der Waals surface area contributed by atoms with Gasteiger partial charge in [0, 0.05) is 25.1 Å². The first kappa shape index (κ1) is 16.1. The van der Waals surface area contributed by atoms with Crippen LogP contribution < -0.4 is 20.3 Å². The Kier molecular flexibility index (Phi) is 4.20. The summed E-state index contributed by atoms with van der Waals surface area (Å²) in [6.07, 6.45) is 4.63. The summed E-state index contributed by atoms with van der Waals surface area (Å²) in [5, 5.41) is 3.49. The van der Waals surface area contributed by atoms with Gasteiger partial charge in [0.25, 0.3) is 5.56 Å². The number of aromatic nitrogens is 2. The number of amides is 1. The zero-order chi connectivity index (χ0) is 17.4. The molecule has 1 fully saturated rings. The molecule has 0 radical (unpaired) electrons. The fourth-order valence-electron chi connectivity index (χ4n) is 3.43. The van der Waals surface area contributed by atoms with Crippen LogP contribution in [0.3, 0.4) is 0 Å². The lowest BCUT2D eigenvalue weighted by molar-refractivity contribution is -0.122. The van der Waals surface area contributed by atoms with E-state index in [1.54, 1.807) is 12.1 Å². The lowest BCUT2D eigenvalue weighted by Gasteiger charge is -2.13. The number of carbonyl (C=O) groups excluding carboxylic acids is 1. The van der Waals surface area contributed by atoms with Crippen LogP contribution in [0.25, 0.3) is 10.9 Å². The van der Waals surface area contributed by atoms with Crippen LogP contribution in [0.5, 0.6) is 11.5 Å². The van der Waals surface area contributed by atoms with Gasteiger partial charge in [0.15, 0.2) is 16.3 Å². The molecular formula is C17H19N3O4S. The van der Waals surface area contributed by atoms with Crippen LogP contribution in [0, 0.1) is 4.77 Å². The Morgan fingerprint density at radius 2 is 2.00 bits per heavy atom. The molecule has 0 saturated heterocycles. The lowest BCUT2D eigenvalue weighted by Crippen LogP contribution is -2.34. The summed E-state index contributed by atoms with van der Waals surface area (Å²) in [7, 11) is 0. The van der Waals surface area contributed by atoms with Gasteiger partial charge in [-0.3, -0.25) is 14.2 Å². The van der Waals surface area contributed by atoms with Crippen LogP contribution in [0.1, 0.15) is 32.1 Å². The Hall–Kier alpha value is -2.35. The van der Waals surface area contributed by atoms with E-state index >= 15 is 0 Å². The molecule has 25 heavy (non-hydrogen) atoms. The number of carbonyl (C=O) groups is 1. The average molecular weight is 361 g/mol. The zero-order valence-corrected chi connectivity index (χ0v) is 14.5. The van der Waals surface area contributed by atoms with Crippen molar-refractivity contribution in [3.8, 4) is 11.5 Å². The van der Waals surface area contributed by atoms with Crippen molar-refractivity contribution in [2.24, 2.45) is 0 Å². The first-order valence-electron chi connectivity index (χ1n) is 8.47. The first-order chi connectivity index (χ1) is 12.1. The van der Waals surface area contributed by atoms with Gasteiger partial charge in [-0.25, -0.2) is 0 Å². The number of hydrogen-bond acceptors (Lipinski definition) is 5. The Balaban J connectivity index is 1.57. The minimum Gasteiger partial charge on any atom is -0.454 e. The summed E-state index contributed by atoms with van der Waals surface area (Å²) in [6.45, 7) is 0.388. The highest BCUT2D eigenvalue weighted by Crippen LogP contribution is 2.34. The van der Waals surface area contributed by atoms with E-state index < -0.39 is 0 Å². The molecule has 1 aliphatic heterocycles. The third-order valence-electron chi connectivity index (χ3n) is 4.76. The van der Waals surface area contributed by atoms with E-state index in [0.717, 1.165) is 25.7 Å². The van der Waals surface area contributed by atoms with Gasteiger partial charge in [-0.2, -0.15) is 0 Å². The van der Waals surface area contributed by atoms with Crippen molar-refractivity contribution >= 4 is 29.0 Å². The van der Waals surface area contributed by atoms with Gasteiger partial charge in [0.05, 0.1) is 10.9 Å². The van der Waals surface area contributed by atoms with Gasteiger partial charge >= 0.3 is 0 Å². The number of nitrogens with zero attached hydrogens (tertiary/aromatic N) is 1. The molecule has 1 aromatic carbocycles. The number of hydrogen-bond donors (Lipinski definition) is 2. The average Bonchev–Trinajstić information content (AvgIpc) is 3.24. The largest absolute Gasteiger partial charge is 0.454 e. The number of H-pyrrole nitrogens is 1. The molecule has 0 unspecified atom stereocenters.